The number of fused-ring (bicyclic) bond motifs is 1. The zero-order valence-corrected chi connectivity index (χ0v) is 23.5. The van der Waals surface area contributed by atoms with E-state index in [2.05, 4.69) is 15.6 Å². The van der Waals surface area contributed by atoms with Crippen molar-refractivity contribution in [2.45, 2.75) is 45.8 Å². The van der Waals surface area contributed by atoms with Crippen molar-refractivity contribution < 1.29 is 29.0 Å². The number of aryl methyl sites for hydroxylation is 1. The molecule has 12 heteroatoms. The number of nitrogens with zero attached hydrogens (tertiary/aromatic N) is 1. The highest BCUT2D eigenvalue weighted by Gasteiger charge is 2.23. The van der Waals surface area contributed by atoms with E-state index >= 15 is 0 Å². The zero-order valence-electron chi connectivity index (χ0n) is 19.2. The van der Waals surface area contributed by atoms with E-state index in [0.717, 1.165) is 0 Å². The molecule has 10 nitrogen and oxygen atoms in total. The molecular weight excluding hydrogens is 684 g/mol. The van der Waals surface area contributed by atoms with Crippen LogP contribution in [-0.2, 0) is 16.0 Å². The van der Waals surface area contributed by atoms with Gasteiger partial charge < -0.3 is 24.7 Å². The Hall–Kier alpha value is -2.62. The van der Waals surface area contributed by atoms with Crippen LogP contribution < -0.4 is 16.3 Å². The molecule has 4 N–H and O–H groups in total. The van der Waals surface area contributed by atoms with Gasteiger partial charge in [0.2, 0.25) is 0 Å². The fraction of sp³-hybridized carbons (Fsp3) is 0.304. The van der Waals surface area contributed by atoms with Crippen LogP contribution in [-0.4, -0.2) is 38.9 Å². The second kappa shape index (κ2) is 10.6. The molecule has 0 aliphatic carbocycles. The topological polar surface area (TPSA) is 151 Å². The van der Waals surface area contributed by atoms with Crippen LogP contribution in [0.1, 0.15) is 31.9 Å². The number of nitrogens with one attached hydrogen (secondary N) is 2. The van der Waals surface area contributed by atoms with Gasteiger partial charge in [-0.05, 0) is 108 Å². The quantitative estimate of drug-likeness (QED) is 0.264. The van der Waals surface area contributed by atoms with E-state index in [1.54, 1.807) is 45.9 Å². The predicted octanol–water partition coefficient (Wildman–Crippen LogP) is 4.87. The van der Waals surface area contributed by atoms with Gasteiger partial charge in [-0.15, -0.1) is 0 Å². The Bertz CT molecular complexity index is 1340. The largest absolute Gasteiger partial charge is 0.506 e. The molecule has 1 atom stereocenters. The highest BCUT2D eigenvalue weighted by molar-refractivity contribution is 14.1. The average molecular weight is 707 g/mol. The van der Waals surface area contributed by atoms with E-state index in [-0.39, 0.29) is 29.1 Å². The number of hydrogen-bond acceptors (Lipinski definition) is 8. The van der Waals surface area contributed by atoms with Crippen LogP contribution in [0.2, 0.25) is 0 Å². The molecule has 3 rings (SSSR count). The minimum Gasteiger partial charge on any atom is -0.506 e. The molecule has 0 spiro atoms. The molecule has 0 fully saturated rings. The molecule has 35 heavy (non-hydrogen) atoms. The Morgan fingerprint density at radius 3 is 2.40 bits per heavy atom. The summed E-state index contributed by atoms with van der Waals surface area (Å²) in [5.74, 6) is -1.03. The van der Waals surface area contributed by atoms with Gasteiger partial charge in [0.15, 0.2) is 0 Å². The van der Waals surface area contributed by atoms with Crippen LogP contribution >= 0.6 is 45.2 Å². The number of anilines is 2. The van der Waals surface area contributed by atoms with Crippen molar-refractivity contribution in [1.82, 2.24) is 4.98 Å². The van der Waals surface area contributed by atoms with E-state index in [9.17, 15) is 24.6 Å². The molecule has 2 aromatic carbocycles. The summed E-state index contributed by atoms with van der Waals surface area (Å²) in [6.45, 7) is 6.84. The second-order valence-electron chi connectivity index (χ2n) is 8.71. The van der Waals surface area contributed by atoms with Crippen molar-refractivity contribution >= 4 is 79.8 Å². The van der Waals surface area contributed by atoms with Gasteiger partial charge in [0.1, 0.15) is 17.4 Å². The van der Waals surface area contributed by atoms with E-state index in [1.807, 2.05) is 45.2 Å². The van der Waals surface area contributed by atoms with Gasteiger partial charge in [-0.25, -0.2) is 14.4 Å². The number of halogens is 2. The number of benzene rings is 2. The summed E-state index contributed by atoms with van der Waals surface area (Å²) in [4.78, 5) is 41.0. The number of phenols is 1. The molecule has 0 aliphatic heterocycles. The first-order valence-electron chi connectivity index (χ1n) is 10.4. The van der Waals surface area contributed by atoms with E-state index < -0.39 is 29.3 Å². The Morgan fingerprint density at radius 1 is 1.20 bits per heavy atom. The Balaban J connectivity index is 1.88. The first-order valence-corrected chi connectivity index (χ1v) is 12.5. The van der Waals surface area contributed by atoms with Gasteiger partial charge >= 0.3 is 17.7 Å². The number of aliphatic carboxylic acids is 1. The van der Waals surface area contributed by atoms with E-state index in [1.165, 1.54) is 6.07 Å². The number of hydrogen-bond donors (Lipinski definition) is 4. The fourth-order valence-electron chi connectivity index (χ4n) is 3.25. The van der Waals surface area contributed by atoms with Crippen molar-refractivity contribution in [1.29, 1.82) is 0 Å². The van der Waals surface area contributed by atoms with Crippen LogP contribution in [0.4, 0.5) is 16.5 Å². The smallest absolute Gasteiger partial charge is 0.412 e. The third kappa shape index (κ3) is 6.74. The van der Waals surface area contributed by atoms with Crippen molar-refractivity contribution in [2.24, 2.45) is 0 Å². The van der Waals surface area contributed by atoms with E-state index in [4.69, 9.17) is 9.15 Å². The van der Waals surface area contributed by atoms with Gasteiger partial charge in [-0.1, -0.05) is 0 Å². The molecule has 1 aromatic heterocycles. The first kappa shape index (κ1) is 27.0. The highest BCUT2D eigenvalue weighted by atomic mass is 127. The van der Waals surface area contributed by atoms with Gasteiger partial charge in [0.05, 0.1) is 18.0 Å². The molecule has 0 saturated heterocycles. The van der Waals surface area contributed by atoms with Crippen molar-refractivity contribution in [3.8, 4) is 5.75 Å². The first-order chi connectivity index (χ1) is 16.2. The molecule has 0 unspecified atom stereocenters. The number of carboxylic acids is 1. The summed E-state index contributed by atoms with van der Waals surface area (Å²) in [5, 5.41) is 25.1. The number of amides is 1. The lowest BCUT2D eigenvalue weighted by atomic mass is 10.1. The molecule has 0 radical (unpaired) electrons. The lowest BCUT2D eigenvalue weighted by Gasteiger charge is -2.20. The molecule has 1 amide bonds. The molecule has 186 valence electrons. The zero-order chi connectivity index (χ0) is 26.1. The lowest BCUT2D eigenvalue weighted by molar-refractivity contribution is -0.137. The van der Waals surface area contributed by atoms with Crippen molar-refractivity contribution in [3.63, 3.8) is 0 Å². The summed E-state index contributed by atoms with van der Waals surface area (Å²) >= 11 is 3.93. The molecule has 0 aliphatic rings. The lowest BCUT2D eigenvalue weighted by Crippen LogP contribution is -2.32. The molecule has 0 bridgehead atoms. The highest BCUT2D eigenvalue weighted by Crippen LogP contribution is 2.28. The second-order valence-corrected chi connectivity index (χ2v) is 11.0. The van der Waals surface area contributed by atoms with Gasteiger partial charge in [0, 0.05) is 12.1 Å². The SMILES string of the molecule is Cc1c(NC(=O)OC(C)(C)C)ccc2nc(N[C@@H](Cc3cc(I)c(O)c(I)c3)C(=O)O)oc(=O)c12. The van der Waals surface area contributed by atoms with Crippen molar-refractivity contribution in [2.75, 3.05) is 10.6 Å². The maximum Gasteiger partial charge on any atom is 0.412 e. The van der Waals surface area contributed by atoms with Crippen LogP contribution in [0, 0.1) is 14.1 Å². The van der Waals surface area contributed by atoms with Gasteiger partial charge in [-0.2, -0.15) is 4.98 Å². The average Bonchev–Trinajstić information content (AvgIpc) is 2.72. The number of carboxylic acid groups (broad SMARTS) is 1. The number of phenolic OH excluding ortho intramolecular Hbond substituents is 1. The van der Waals surface area contributed by atoms with Gasteiger partial charge in [-0.3, -0.25) is 5.32 Å². The number of aromatic nitrogens is 1. The predicted molar refractivity (Wildman–Crippen MR) is 147 cm³/mol. The number of aromatic hydroxyl groups is 1. The fourth-order valence-corrected chi connectivity index (χ4v) is 5.15. The van der Waals surface area contributed by atoms with E-state index in [0.29, 0.717) is 24.0 Å². The number of rotatable bonds is 6. The van der Waals surface area contributed by atoms with Crippen LogP contribution in [0.25, 0.3) is 10.9 Å². The molecular formula is C23H23I2N3O7. The summed E-state index contributed by atoms with van der Waals surface area (Å²) in [6, 6.07) is 5.08. The number of ether oxygens (including phenoxy) is 1. The Morgan fingerprint density at radius 2 is 1.83 bits per heavy atom. The summed E-state index contributed by atoms with van der Waals surface area (Å²) in [7, 11) is 0. The molecule has 1 heterocycles. The van der Waals surface area contributed by atoms with Crippen LogP contribution in [0.3, 0.4) is 0 Å². The third-order valence-corrected chi connectivity index (χ3v) is 6.45. The monoisotopic (exact) mass is 707 g/mol. The third-order valence-electron chi connectivity index (χ3n) is 4.81. The minimum atomic E-state index is -1.17. The molecule has 3 aromatic rings. The standard InChI is InChI=1S/C23H23I2N3O7/c1-10-14(28-22(33)35-23(2,3)4)5-6-15-17(10)20(32)34-21(26-15)27-16(19(30)31)9-11-7-12(24)18(29)13(25)8-11/h5-8,16,29H,9H2,1-4H3,(H,26,27)(H,28,33)(H,30,31)/t16-/m0/s1. The van der Waals surface area contributed by atoms with Gasteiger partial charge in [0.25, 0.3) is 6.01 Å². The van der Waals surface area contributed by atoms with Crippen LogP contribution in [0.15, 0.2) is 33.5 Å². The Kier molecular flexibility index (Phi) is 8.14. The Labute approximate surface area is 227 Å². The summed E-state index contributed by atoms with van der Waals surface area (Å²) < 4.78 is 11.7. The normalized spacial score (nSPS) is 12.3. The van der Waals surface area contributed by atoms with Crippen molar-refractivity contribution in [3.05, 3.63) is 53.0 Å². The minimum absolute atomic E-state index is 0.0584. The van der Waals surface area contributed by atoms with Crippen LogP contribution in [0.5, 0.6) is 5.75 Å². The number of carbonyl (C=O) groups excluding carboxylic acids is 1. The number of carbonyl (C=O) groups is 2. The molecule has 0 saturated carbocycles. The maximum absolute atomic E-state index is 12.8. The maximum atomic E-state index is 12.8. The summed E-state index contributed by atoms with van der Waals surface area (Å²) in [6.07, 6.45) is -0.610. The summed E-state index contributed by atoms with van der Waals surface area (Å²) in [5.41, 5.74) is 0.321.